The minimum Gasteiger partial charge on any atom is -0.491 e. The van der Waals surface area contributed by atoms with Crippen molar-refractivity contribution in [2.75, 3.05) is 18.1 Å². The molecule has 2 rings (SSSR count). The van der Waals surface area contributed by atoms with Gasteiger partial charge < -0.3 is 15.6 Å². The van der Waals surface area contributed by atoms with Crippen LogP contribution in [0.15, 0.2) is 53.4 Å². The van der Waals surface area contributed by atoms with Gasteiger partial charge in [-0.05, 0) is 31.2 Å². The maximum atomic E-state index is 9.93. The fourth-order valence-corrected chi connectivity index (χ4v) is 2.67. The smallest absolute Gasteiger partial charge is 0.121 e. The molecule has 4 heteroatoms. The summed E-state index contributed by atoms with van der Waals surface area (Å²) < 4.78 is 5.52. The van der Waals surface area contributed by atoms with Crippen molar-refractivity contribution in [3.8, 4) is 5.75 Å². The summed E-state index contributed by atoms with van der Waals surface area (Å²) in [6, 6.07) is 15.4. The Balaban J connectivity index is 1.77. The van der Waals surface area contributed by atoms with Gasteiger partial charge in [0.1, 0.15) is 12.4 Å². The zero-order valence-corrected chi connectivity index (χ0v) is 12.3. The van der Waals surface area contributed by atoms with E-state index in [-0.39, 0.29) is 6.61 Å². The third-order valence-corrected chi connectivity index (χ3v) is 3.87. The van der Waals surface area contributed by atoms with Crippen molar-refractivity contribution in [2.45, 2.75) is 17.9 Å². The lowest BCUT2D eigenvalue weighted by molar-refractivity contribution is 0.126. The molecule has 0 amide bonds. The maximum Gasteiger partial charge on any atom is 0.121 e. The lowest BCUT2D eigenvalue weighted by Crippen LogP contribution is -2.20. The minimum absolute atomic E-state index is 0.266. The second-order valence-electron chi connectivity index (χ2n) is 4.66. The fourth-order valence-electron chi connectivity index (χ4n) is 1.74. The van der Waals surface area contributed by atoms with Gasteiger partial charge in [-0.3, -0.25) is 0 Å². The van der Waals surface area contributed by atoms with E-state index < -0.39 is 6.10 Å². The molecule has 0 aliphatic rings. The van der Waals surface area contributed by atoms with Gasteiger partial charge in [-0.2, -0.15) is 0 Å². The summed E-state index contributed by atoms with van der Waals surface area (Å²) in [6.07, 6.45) is -0.512. The Morgan fingerprint density at radius 3 is 2.75 bits per heavy atom. The molecule has 1 atom stereocenters. The van der Waals surface area contributed by atoms with Crippen molar-refractivity contribution in [3.63, 3.8) is 0 Å². The molecular formula is C16H19NO2S. The van der Waals surface area contributed by atoms with E-state index in [4.69, 9.17) is 10.5 Å². The van der Waals surface area contributed by atoms with E-state index in [1.54, 1.807) is 23.9 Å². The number of aryl methyl sites for hydroxylation is 1. The third-order valence-electron chi connectivity index (χ3n) is 2.73. The number of ether oxygens (including phenoxy) is 1. The van der Waals surface area contributed by atoms with E-state index in [1.165, 1.54) is 5.56 Å². The summed E-state index contributed by atoms with van der Waals surface area (Å²) in [4.78, 5) is 1.16. The van der Waals surface area contributed by atoms with Crippen LogP contribution in [0.2, 0.25) is 0 Å². The van der Waals surface area contributed by atoms with Gasteiger partial charge in [-0.25, -0.2) is 0 Å². The summed E-state index contributed by atoms with van der Waals surface area (Å²) in [6.45, 7) is 2.33. The van der Waals surface area contributed by atoms with Crippen LogP contribution >= 0.6 is 11.8 Å². The highest BCUT2D eigenvalue weighted by molar-refractivity contribution is 7.99. The van der Waals surface area contributed by atoms with Gasteiger partial charge in [0.05, 0.1) is 6.10 Å². The molecule has 0 spiro atoms. The molecule has 0 bridgehead atoms. The number of aliphatic hydroxyl groups excluding tert-OH is 1. The number of aliphatic hydroxyl groups is 1. The zero-order valence-electron chi connectivity index (χ0n) is 11.5. The quantitative estimate of drug-likeness (QED) is 0.634. The molecule has 0 aromatic heterocycles. The first-order valence-corrected chi connectivity index (χ1v) is 7.48. The predicted molar refractivity (Wildman–Crippen MR) is 84.3 cm³/mol. The lowest BCUT2D eigenvalue weighted by atomic mass is 10.2. The molecule has 0 fully saturated rings. The highest BCUT2D eigenvalue weighted by Gasteiger charge is 2.06. The molecular weight excluding hydrogens is 270 g/mol. The highest BCUT2D eigenvalue weighted by Crippen LogP contribution is 2.20. The zero-order chi connectivity index (χ0) is 14.4. The van der Waals surface area contributed by atoms with Crippen LogP contribution in [0.3, 0.4) is 0 Å². The fraction of sp³-hybridized carbons (Fsp3) is 0.250. The van der Waals surface area contributed by atoms with Crippen LogP contribution < -0.4 is 10.5 Å². The average molecular weight is 289 g/mol. The molecule has 0 aliphatic heterocycles. The number of thioether (sulfide) groups is 1. The summed E-state index contributed by atoms with van der Waals surface area (Å²) in [5.74, 6) is 1.29. The van der Waals surface area contributed by atoms with Crippen molar-refractivity contribution in [1.82, 2.24) is 0 Å². The van der Waals surface area contributed by atoms with Crippen molar-refractivity contribution >= 4 is 17.4 Å². The van der Waals surface area contributed by atoms with Crippen LogP contribution in [0, 0.1) is 6.92 Å². The first-order valence-electron chi connectivity index (χ1n) is 6.49. The first-order chi connectivity index (χ1) is 9.63. The number of benzene rings is 2. The second kappa shape index (κ2) is 7.22. The first kappa shape index (κ1) is 14.8. The Labute approximate surface area is 123 Å². The van der Waals surface area contributed by atoms with Gasteiger partial charge in [-0.15, -0.1) is 11.8 Å². The van der Waals surface area contributed by atoms with Crippen LogP contribution in [0.4, 0.5) is 5.69 Å². The Kier molecular flexibility index (Phi) is 5.32. The number of hydrogen-bond donors (Lipinski definition) is 2. The van der Waals surface area contributed by atoms with Crippen molar-refractivity contribution in [2.24, 2.45) is 0 Å². The topological polar surface area (TPSA) is 55.5 Å². The van der Waals surface area contributed by atoms with Crippen LogP contribution in [-0.2, 0) is 0 Å². The molecule has 0 saturated carbocycles. The summed E-state index contributed by atoms with van der Waals surface area (Å²) in [5, 5.41) is 9.93. The second-order valence-corrected chi connectivity index (χ2v) is 5.76. The van der Waals surface area contributed by atoms with Gasteiger partial charge in [0, 0.05) is 22.4 Å². The predicted octanol–water partition coefficient (Wildman–Crippen LogP) is 3.11. The van der Waals surface area contributed by atoms with E-state index in [0.717, 1.165) is 4.90 Å². The highest BCUT2D eigenvalue weighted by atomic mass is 32.2. The Hall–Kier alpha value is -1.65. The number of nitrogen functional groups attached to an aromatic ring is 1. The molecule has 0 aliphatic carbocycles. The third kappa shape index (κ3) is 4.79. The van der Waals surface area contributed by atoms with E-state index in [0.29, 0.717) is 17.2 Å². The van der Waals surface area contributed by atoms with Gasteiger partial charge >= 0.3 is 0 Å². The van der Waals surface area contributed by atoms with Crippen LogP contribution in [0.25, 0.3) is 0 Å². The lowest BCUT2D eigenvalue weighted by Gasteiger charge is -2.12. The molecule has 0 radical (unpaired) electrons. The van der Waals surface area contributed by atoms with Gasteiger partial charge in [0.15, 0.2) is 0 Å². The largest absolute Gasteiger partial charge is 0.491 e. The van der Waals surface area contributed by atoms with Gasteiger partial charge in [0.25, 0.3) is 0 Å². The number of hydrogen-bond acceptors (Lipinski definition) is 4. The molecule has 2 aromatic carbocycles. The Morgan fingerprint density at radius 1 is 1.20 bits per heavy atom. The van der Waals surface area contributed by atoms with Gasteiger partial charge in [-0.1, -0.05) is 23.8 Å². The van der Waals surface area contributed by atoms with E-state index in [9.17, 15) is 5.11 Å². The SMILES string of the molecule is Cc1cccc(SCC(O)COc2cccc(N)c2)c1. The average Bonchev–Trinajstić information content (AvgIpc) is 2.43. The number of rotatable bonds is 6. The van der Waals surface area contributed by atoms with Gasteiger partial charge in [0.2, 0.25) is 0 Å². The normalized spacial score (nSPS) is 12.1. The Bertz CT molecular complexity index is 510. The minimum atomic E-state index is -0.512. The van der Waals surface area contributed by atoms with E-state index >= 15 is 0 Å². The summed E-state index contributed by atoms with van der Waals surface area (Å²) >= 11 is 1.63. The monoisotopic (exact) mass is 289 g/mol. The van der Waals surface area contributed by atoms with E-state index in [2.05, 4.69) is 19.1 Å². The maximum absolute atomic E-state index is 9.93. The molecule has 1 unspecified atom stereocenters. The Morgan fingerprint density at radius 2 is 2.00 bits per heavy atom. The number of anilines is 1. The van der Waals surface area contributed by atoms with Crippen molar-refractivity contribution in [1.29, 1.82) is 0 Å². The van der Waals surface area contributed by atoms with Crippen LogP contribution in [0.1, 0.15) is 5.56 Å². The molecule has 3 nitrogen and oxygen atoms in total. The molecule has 3 N–H and O–H groups in total. The molecule has 0 heterocycles. The van der Waals surface area contributed by atoms with Crippen molar-refractivity contribution < 1.29 is 9.84 Å². The number of nitrogens with two attached hydrogens (primary N) is 1. The molecule has 0 saturated heterocycles. The molecule has 20 heavy (non-hydrogen) atoms. The summed E-state index contributed by atoms with van der Waals surface area (Å²) in [5.41, 5.74) is 7.55. The standard InChI is InChI=1S/C16H19NO2S/c1-12-4-2-7-16(8-12)20-11-14(18)10-19-15-6-3-5-13(17)9-15/h2-9,14,18H,10-11,17H2,1H3. The van der Waals surface area contributed by atoms with Crippen LogP contribution in [-0.4, -0.2) is 23.6 Å². The summed E-state index contributed by atoms with van der Waals surface area (Å²) in [7, 11) is 0. The molecule has 2 aromatic rings. The van der Waals surface area contributed by atoms with Crippen molar-refractivity contribution in [3.05, 3.63) is 54.1 Å². The van der Waals surface area contributed by atoms with E-state index in [1.807, 2.05) is 24.3 Å². The van der Waals surface area contributed by atoms with Crippen LogP contribution in [0.5, 0.6) is 5.75 Å². The molecule has 106 valence electrons.